The minimum atomic E-state index is -0.321. The number of hydrogen-bond donors (Lipinski definition) is 1. The second-order valence-corrected chi connectivity index (χ2v) is 5.41. The van der Waals surface area contributed by atoms with Crippen molar-refractivity contribution in [2.75, 3.05) is 23.3 Å². The van der Waals surface area contributed by atoms with Gasteiger partial charge in [-0.25, -0.2) is 0 Å². The van der Waals surface area contributed by atoms with Gasteiger partial charge in [-0.1, -0.05) is 29.3 Å². The molecule has 0 aliphatic rings. The fourth-order valence-corrected chi connectivity index (χ4v) is 2.46. The Labute approximate surface area is 140 Å². The Morgan fingerprint density at radius 2 is 1.95 bits per heavy atom. The third kappa shape index (κ3) is 3.70. The van der Waals surface area contributed by atoms with Crippen molar-refractivity contribution in [3.05, 3.63) is 52.3 Å². The van der Waals surface area contributed by atoms with Crippen LogP contribution in [0.3, 0.4) is 0 Å². The summed E-state index contributed by atoms with van der Waals surface area (Å²) in [4.78, 5) is 18.6. The number of hydrogen-bond acceptors (Lipinski definition) is 3. The molecule has 1 aromatic carbocycles. The van der Waals surface area contributed by atoms with Crippen molar-refractivity contribution in [3.63, 3.8) is 0 Å². The Bertz CT molecular complexity index is 672. The van der Waals surface area contributed by atoms with Crippen molar-refractivity contribution in [3.8, 4) is 0 Å². The van der Waals surface area contributed by atoms with Gasteiger partial charge >= 0.3 is 0 Å². The van der Waals surface area contributed by atoms with Crippen molar-refractivity contribution in [2.45, 2.75) is 13.8 Å². The van der Waals surface area contributed by atoms with Crippen LogP contribution in [-0.4, -0.2) is 24.0 Å². The molecule has 0 fully saturated rings. The molecule has 22 heavy (non-hydrogen) atoms. The number of nitrogens with zero attached hydrogens (tertiary/aromatic N) is 2. The van der Waals surface area contributed by atoms with Gasteiger partial charge in [-0.05, 0) is 38.1 Å². The maximum Gasteiger partial charge on any atom is 0.274 e. The van der Waals surface area contributed by atoms with Crippen molar-refractivity contribution < 1.29 is 4.79 Å². The fourth-order valence-electron chi connectivity index (χ4n) is 2.12. The van der Waals surface area contributed by atoms with E-state index >= 15 is 0 Å². The second-order valence-electron chi connectivity index (χ2n) is 4.63. The third-order valence-corrected chi connectivity index (χ3v) is 4.12. The number of pyridine rings is 1. The number of amides is 1. The zero-order chi connectivity index (χ0) is 16.1. The first kappa shape index (κ1) is 16.6. The number of carbonyl (C=O) groups is 1. The Hall–Kier alpha value is -1.78. The fraction of sp³-hybridized carbons (Fsp3) is 0.250. The molecule has 0 saturated heterocycles. The van der Waals surface area contributed by atoms with Crippen LogP contribution in [0.5, 0.6) is 0 Å². The summed E-state index contributed by atoms with van der Waals surface area (Å²) in [6, 6.07) is 8.74. The van der Waals surface area contributed by atoms with Crippen LogP contribution >= 0.6 is 23.2 Å². The number of rotatable bonds is 5. The average molecular weight is 338 g/mol. The molecule has 1 aromatic heterocycles. The normalized spacial score (nSPS) is 10.4. The van der Waals surface area contributed by atoms with E-state index in [-0.39, 0.29) is 5.91 Å². The molecule has 2 aromatic rings. The molecule has 1 N–H and O–H groups in total. The minimum absolute atomic E-state index is 0.317. The Morgan fingerprint density at radius 3 is 2.64 bits per heavy atom. The van der Waals surface area contributed by atoms with Gasteiger partial charge in [0.25, 0.3) is 5.91 Å². The van der Waals surface area contributed by atoms with E-state index in [0.29, 0.717) is 21.4 Å². The molecular formula is C16H17Cl2N3O. The van der Waals surface area contributed by atoms with E-state index in [2.05, 4.69) is 29.0 Å². The molecule has 0 bridgehead atoms. The van der Waals surface area contributed by atoms with E-state index in [9.17, 15) is 4.79 Å². The molecule has 0 aliphatic carbocycles. The summed E-state index contributed by atoms with van der Waals surface area (Å²) < 4.78 is 0. The van der Waals surface area contributed by atoms with Gasteiger partial charge in [-0.2, -0.15) is 0 Å². The number of nitrogens with one attached hydrogen (secondary N) is 1. The summed E-state index contributed by atoms with van der Waals surface area (Å²) in [5, 5.41) is 3.44. The largest absolute Gasteiger partial charge is 0.372 e. The monoisotopic (exact) mass is 337 g/mol. The van der Waals surface area contributed by atoms with Gasteiger partial charge in [0.2, 0.25) is 0 Å². The summed E-state index contributed by atoms with van der Waals surface area (Å²) in [5.41, 5.74) is 1.76. The first-order valence-electron chi connectivity index (χ1n) is 7.03. The first-order valence-corrected chi connectivity index (χ1v) is 7.78. The molecule has 2 rings (SSSR count). The summed E-state index contributed by atoms with van der Waals surface area (Å²) in [6.45, 7) is 5.86. The number of aromatic nitrogens is 1. The van der Waals surface area contributed by atoms with E-state index in [0.717, 1.165) is 18.8 Å². The quantitative estimate of drug-likeness (QED) is 0.874. The topological polar surface area (TPSA) is 45.2 Å². The molecule has 0 atom stereocenters. The van der Waals surface area contributed by atoms with Crippen LogP contribution in [0.2, 0.25) is 10.0 Å². The van der Waals surface area contributed by atoms with E-state index < -0.39 is 0 Å². The molecule has 0 spiro atoms. The van der Waals surface area contributed by atoms with Gasteiger partial charge in [0.05, 0.1) is 15.7 Å². The van der Waals surface area contributed by atoms with Crippen molar-refractivity contribution in [1.29, 1.82) is 0 Å². The number of halogens is 2. The highest BCUT2D eigenvalue weighted by molar-refractivity contribution is 6.44. The van der Waals surface area contributed by atoms with Crippen LogP contribution < -0.4 is 10.2 Å². The second kappa shape index (κ2) is 7.47. The van der Waals surface area contributed by atoms with Crippen LogP contribution in [0.1, 0.15) is 24.3 Å². The highest BCUT2D eigenvalue weighted by atomic mass is 35.5. The van der Waals surface area contributed by atoms with E-state index in [1.165, 1.54) is 0 Å². The molecule has 4 nitrogen and oxygen atoms in total. The van der Waals surface area contributed by atoms with Crippen LogP contribution in [0, 0.1) is 0 Å². The Kier molecular flexibility index (Phi) is 5.63. The smallest absolute Gasteiger partial charge is 0.274 e. The first-order chi connectivity index (χ1) is 10.6. The van der Waals surface area contributed by atoms with Crippen LogP contribution in [0.4, 0.5) is 11.4 Å². The maximum absolute atomic E-state index is 12.3. The molecule has 1 amide bonds. The zero-order valence-corrected chi connectivity index (χ0v) is 13.9. The summed E-state index contributed by atoms with van der Waals surface area (Å²) in [6.07, 6.45) is 1.63. The molecule has 0 saturated carbocycles. The average Bonchev–Trinajstić information content (AvgIpc) is 2.53. The molecule has 0 aliphatic heterocycles. The molecule has 0 radical (unpaired) electrons. The Balaban J connectivity index is 2.23. The van der Waals surface area contributed by atoms with Gasteiger partial charge < -0.3 is 10.2 Å². The maximum atomic E-state index is 12.3. The molecule has 116 valence electrons. The molecule has 6 heteroatoms. The highest BCUT2D eigenvalue weighted by Gasteiger charge is 2.13. The predicted octanol–water partition coefficient (Wildman–Crippen LogP) is 4.49. The number of carbonyl (C=O) groups excluding carboxylic acids is 1. The zero-order valence-electron chi connectivity index (χ0n) is 12.4. The Morgan fingerprint density at radius 1 is 1.23 bits per heavy atom. The van der Waals surface area contributed by atoms with E-state index in [1.807, 2.05) is 6.07 Å². The van der Waals surface area contributed by atoms with Gasteiger partial charge in [-0.3, -0.25) is 9.78 Å². The van der Waals surface area contributed by atoms with Crippen LogP contribution in [0.15, 0.2) is 36.5 Å². The molecule has 0 unspecified atom stereocenters. The molecule has 1 heterocycles. The van der Waals surface area contributed by atoms with Crippen molar-refractivity contribution in [2.24, 2.45) is 0 Å². The van der Waals surface area contributed by atoms with Gasteiger partial charge in [0.1, 0.15) is 5.69 Å². The van der Waals surface area contributed by atoms with Crippen LogP contribution in [0.25, 0.3) is 0 Å². The van der Waals surface area contributed by atoms with E-state index in [1.54, 1.807) is 30.5 Å². The third-order valence-electron chi connectivity index (χ3n) is 3.30. The van der Waals surface area contributed by atoms with Crippen molar-refractivity contribution >= 4 is 40.5 Å². The molecular weight excluding hydrogens is 321 g/mol. The standard InChI is InChI=1S/C16H17Cl2N3O/c1-3-21(4-2)11-8-9-19-14(10-11)16(22)20-13-7-5-6-12(17)15(13)18/h5-10H,3-4H2,1-2H3,(H,20,22). The van der Waals surface area contributed by atoms with Gasteiger partial charge in [0.15, 0.2) is 0 Å². The van der Waals surface area contributed by atoms with Gasteiger partial charge in [-0.15, -0.1) is 0 Å². The van der Waals surface area contributed by atoms with Gasteiger partial charge in [0, 0.05) is 25.0 Å². The number of benzene rings is 1. The summed E-state index contributed by atoms with van der Waals surface area (Å²) in [5.74, 6) is -0.321. The number of anilines is 2. The minimum Gasteiger partial charge on any atom is -0.372 e. The SMILES string of the molecule is CCN(CC)c1ccnc(C(=O)Nc2cccc(Cl)c2Cl)c1. The highest BCUT2D eigenvalue weighted by Crippen LogP contribution is 2.29. The summed E-state index contributed by atoms with van der Waals surface area (Å²) >= 11 is 12.0. The van der Waals surface area contributed by atoms with Crippen molar-refractivity contribution in [1.82, 2.24) is 4.98 Å². The van der Waals surface area contributed by atoms with E-state index in [4.69, 9.17) is 23.2 Å². The lowest BCUT2D eigenvalue weighted by Gasteiger charge is -2.21. The van der Waals surface area contributed by atoms with Crippen LogP contribution in [-0.2, 0) is 0 Å². The lowest BCUT2D eigenvalue weighted by atomic mass is 10.2. The summed E-state index contributed by atoms with van der Waals surface area (Å²) in [7, 11) is 0. The lowest BCUT2D eigenvalue weighted by Crippen LogP contribution is -2.23. The predicted molar refractivity (Wildman–Crippen MR) is 92.2 cm³/mol. The lowest BCUT2D eigenvalue weighted by molar-refractivity contribution is 0.102.